The number of hydrogen-bond donors (Lipinski definition) is 1. The average molecular weight is 406 g/mol. The molecule has 0 saturated carbocycles. The molecule has 1 heterocycles. The third kappa shape index (κ3) is 3.96. The van der Waals surface area contributed by atoms with E-state index >= 15 is 0 Å². The molecule has 1 atom stereocenters. The fourth-order valence-electron chi connectivity index (χ4n) is 3.81. The first-order chi connectivity index (χ1) is 14.4. The molecule has 3 amide bonds. The number of esters is 1. The lowest BCUT2D eigenvalue weighted by atomic mass is 10.1. The highest BCUT2D eigenvalue weighted by molar-refractivity contribution is 6.20. The highest BCUT2D eigenvalue weighted by Gasteiger charge is 2.31. The molecule has 4 rings (SSSR count). The lowest BCUT2D eigenvalue weighted by Gasteiger charge is -2.16. The van der Waals surface area contributed by atoms with Crippen molar-refractivity contribution >= 4 is 35.1 Å². The van der Waals surface area contributed by atoms with E-state index in [0.717, 1.165) is 24.2 Å². The van der Waals surface area contributed by atoms with Crippen LogP contribution in [0.1, 0.15) is 47.7 Å². The molecular formula is C23H22N2O5. The van der Waals surface area contributed by atoms with Gasteiger partial charge in [0.15, 0.2) is 6.10 Å². The van der Waals surface area contributed by atoms with Crippen LogP contribution in [0.25, 0.3) is 0 Å². The topological polar surface area (TPSA) is 92.8 Å². The fourth-order valence-corrected chi connectivity index (χ4v) is 3.81. The molecule has 0 unspecified atom stereocenters. The van der Waals surface area contributed by atoms with Crippen LogP contribution in [0.4, 0.5) is 11.4 Å². The summed E-state index contributed by atoms with van der Waals surface area (Å²) in [7, 11) is 0. The van der Waals surface area contributed by atoms with Crippen molar-refractivity contribution in [1.29, 1.82) is 0 Å². The maximum Gasteiger partial charge on any atom is 0.338 e. The van der Waals surface area contributed by atoms with Crippen molar-refractivity contribution in [1.82, 2.24) is 0 Å². The highest BCUT2D eigenvalue weighted by Crippen LogP contribution is 2.26. The lowest BCUT2D eigenvalue weighted by molar-refractivity contribution is -0.124. The molecular weight excluding hydrogens is 384 g/mol. The predicted molar refractivity (Wildman–Crippen MR) is 110 cm³/mol. The Bertz CT molecular complexity index is 1030. The summed E-state index contributed by atoms with van der Waals surface area (Å²) in [6.07, 6.45) is 2.49. The molecule has 7 nitrogen and oxygen atoms in total. The Morgan fingerprint density at radius 3 is 2.47 bits per heavy atom. The molecule has 1 aliphatic heterocycles. The molecule has 0 bridgehead atoms. The van der Waals surface area contributed by atoms with Crippen molar-refractivity contribution in [2.24, 2.45) is 0 Å². The molecule has 30 heavy (non-hydrogen) atoms. The van der Waals surface area contributed by atoms with Gasteiger partial charge in [-0.25, -0.2) is 4.79 Å². The van der Waals surface area contributed by atoms with Crippen LogP contribution in [0.5, 0.6) is 0 Å². The van der Waals surface area contributed by atoms with Gasteiger partial charge in [-0.15, -0.1) is 0 Å². The van der Waals surface area contributed by atoms with Crippen molar-refractivity contribution in [3.8, 4) is 0 Å². The van der Waals surface area contributed by atoms with Crippen molar-refractivity contribution in [2.75, 3.05) is 10.2 Å². The third-order valence-electron chi connectivity index (χ3n) is 5.41. The summed E-state index contributed by atoms with van der Waals surface area (Å²) in [4.78, 5) is 49.9. The van der Waals surface area contributed by atoms with Gasteiger partial charge in [-0.1, -0.05) is 12.1 Å². The minimum absolute atomic E-state index is 0.160. The summed E-state index contributed by atoms with van der Waals surface area (Å²) in [5.74, 6) is -1.73. The van der Waals surface area contributed by atoms with Crippen molar-refractivity contribution in [3.63, 3.8) is 0 Å². The molecule has 0 spiro atoms. The lowest BCUT2D eigenvalue weighted by Crippen LogP contribution is -2.30. The second kappa shape index (κ2) is 8.10. The first kappa shape index (κ1) is 19.8. The number of imide groups is 1. The molecule has 1 N–H and O–H groups in total. The molecule has 7 heteroatoms. The summed E-state index contributed by atoms with van der Waals surface area (Å²) in [5.41, 5.74) is 3.71. The molecule has 1 fully saturated rings. The van der Waals surface area contributed by atoms with Crippen molar-refractivity contribution in [2.45, 2.75) is 45.1 Å². The van der Waals surface area contributed by atoms with Crippen LogP contribution in [0.15, 0.2) is 42.5 Å². The zero-order chi connectivity index (χ0) is 21.3. The number of hydrogen-bond acceptors (Lipinski definition) is 5. The maximum atomic E-state index is 12.5. The smallest absolute Gasteiger partial charge is 0.338 e. The van der Waals surface area contributed by atoms with E-state index in [1.807, 2.05) is 18.2 Å². The van der Waals surface area contributed by atoms with Gasteiger partial charge in [-0.3, -0.25) is 19.3 Å². The number of benzene rings is 2. The Balaban J connectivity index is 1.41. The average Bonchev–Trinajstić information content (AvgIpc) is 3.33. The number of carbonyl (C=O) groups is 4. The largest absolute Gasteiger partial charge is 0.449 e. The van der Waals surface area contributed by atoms with Crippen LogP contribution in [0, 0.1) is 0 Å². The summed E-state index contributed by atoms with van der Waals surface area (Å²) in [6, 6.07) is 11.9. The number of ether oxygens (including phenoxy) is 1. The number of nitrogens with one attached hydrogen (secondary N) is 1. The molecule has 0 radical (unpaired) electrons. The number of rotatable bonds is 5. The van der Waals surface area contributed by atoms with E-state index in [1.54, 1.807) is 12.1 Å². The van der Waals surface area contributed by atoms with Gasteiger partial charge in [0.2, 0.25) is 11.8 Å². The number of aryl methyl sites for hydroxylation is 2. The number of anilines is 2. The number of fused-ring (bicyclic) bond motifs is 1. The molecule has 2 aromatic carbocycles. The van der Waals surface area contributed by atoms with E-state index in [9.17, 15) is 19.2 Å². The van der Waals surface area contributed by atoms with Gasteiger partial charge in [0, 0.05) is 18.5 Å². The molecule has 0 aromatic heterocycles. The second-order valence-electron chi connectivity index (χ2n) is 7.55. The van der Waals surface area contributed by atoms with Crippen LogP contribution in [-0.4, -0.2) is 29.8 Å². The normalized spacial score (nSPS) is 16.4. The second-order valence-corrected chi connectivity index (χ2v) is 7.55. The van der Waals surface area contributed by atoms with E-state index in [2.05, 4.69) is 5.32 Å². The van der Waals surface area contributed by atoms with Crippen LogP contribution in [0.2, 0.25) is 0 Å². The Hall–Kier alpha value is -3.48. The zero-order valence-corrected chi connectivity index (χ0v) is 16.6. The molecule has 154 valence electrons. The summed E-state index contributed by atoms with van der Waals surface area (Å²) >= 11 is 0. The first-order valence-electron chi connectivity index (χ1n) is 10.0. The number of amides is 3. The number of carbonyl (C=O) groups excluding carboxylic acids is 4. The van der Waals surface area contributed by atoms with Crippen LogP contribution in [-0.2, 0) is 32.0 Å². The van der Waals surface area contributed by atoms with E-state index < -0.39 is 18.0 Å². The Morgan fingerprint density at radius 1 is 0.967 bits per heavy atom. The van der Waals surface area contributed by atoms with Crippen LogP contribution in [0.3, 0.4) is 0 Å². The van der Waals surface area contributed by atoms with Crippen molar-refractivity contribution in [3.05, 3.63) is 59.2 Å². The van der Waals surface area contributed by atoms with E-state index in [4.69, 9.17) is 4.74 Å². The molecule has 1 aliphatic carbocycles. The van der Waals surface area contributed by atoms with Gasteiger partial charge < -0.3 is 10.1 Å². The van der Waals surface area contributed by atoms with E-state index in [1.165, 1.54) is 30.2 Å². The van der Waals surface area contributed by atoms with Crippen molar-refractivity contribution < 1.29 is 23.9 Å². The highest BCUT2D eigenvalue weighted by atomic mass is 16.5. The Labute approximate surface area is 174 Å². The van der Waals surface area contributed by atoms with Crippen LogP contribution < -0.4 is 10.2 Å². The first-order valence-corrected chi connectivity index (χ1v) is 10.0. The molecule has 1 saturated heterocycles. The predicted octanol–water partition coefficient (Wildman–Crippen LogP) is 3.01. The van der Waals surface area contributed by atoms with E-state index in [0.29, 0.717) is 11.4 Å². The monoisotopic (exact) mass is 406 g/mol. The molecule has 2 aliphatic rings. The van der Waals surface area contributed by atoms with Gasteiger partial charge in [-0.05, 0) is 67.6 Å². The van der Waals surface area contributed by atoms with Gasteiger partial charge in [0.05, 0.1) is 11.3 Å². The standard InChI is InChI=1S/C23H22N2O5/c1-14(22(28)24-18-9-8-15-4-2-5-16(15)12-18)30-23(29)17-6-3-7-19(13-17)25-20(26)10-11-21(25)27/h3,6-9,12-14H,2,4-5,10-11H2,1H3,(H,24,28)/t14-/m1/s1. The number of nitrogens with zero attached hydrogens (tertiary/aromatic N) is 1. The zero-order valence-electron chi connectivity index (χ0n) is 16.6. The summed E-state index contributed by atoms with van der Waals surface area (Å²) < 4.78 is 5.30. The van der Waals surface area contributed by atoms with E-state index in [-0.39, 0.29) is 30.2 Å². The van der Waals surface area contributed by atoms with Gasteiger partial charge in [0.25, 0.3) is 5.91 Å². The van der Waals surface area contributed by atoms with Crippen LogP contribution >= 0.6 is 0 Å². The summed E-state index contributed by atoms with van der Waals surface area (Å²) in [6.45, 7) is 1.50. The molecule has 2 aromatic rings. The Kier molecular flexibility index (Phi) is 5.35. The van der Waals surface area contributed by atoms with Gasteiger partial charge in [-0.2, -0.15) is 0 Å². The SMILES string of the molecule is C[C@@H](OC(=O)c1cccc(N2C(=O)CCC2=O)c1)C(=O)Nc1ccc2c(c1)CCC2. The Morgan fingerprint density at radius 2 is 1.70 bits per heavy atom. The van der Waals surface area contributed by atoms with Gasteiger partial charge in [0.1, 0.15) is 0 Å². The minimum Gasteiger partial charge on any atom is -0.449 e. The minimum atomic E-state index is -1.01. The third-order valence-corrected chi connectivity index (χ3v) is 5.41. The fraction of sp³-hybridized carbons (Fsp3) is 0.304. The quantitative estimate of drug-likeness (QED) is 0.609. The summed E-state index contributed by atoms with van der Waals surface area (Å²) in [5, 5.41) is 2.78. The maximum absolute atomic E-state index is 12.5. The van der Waals surface area contributed by atoms with Gasteiger partial charge >= 0.3 is 5.97 Å².